The monoisotopic (exact) mass is 265 g/mol. The summed E-state index contributed by atoms with van der Waals surface area (Å²) in [5.74, 6) is 1.34. The van der Waals surface area contributed by atoms with Gasteiger partial charge in [0, 0.05) is 16.3 Å². The number of hydrogen-bond acceptors (Lipinski definition) is 4. The van der Waals surface area contributed by atoms with Crippen molar-refractivity contribution in [2.75, 3.05) is 0 Å². The van der Waals surface area contributed by atoms with Crippen LogP contribution in [-0.2, 0) is 6.61 Å². The highest BCUT2D eigenvalue weighted by atomic mass is 16.5. The Kier molecular flexibility index (Phi) is 2.38. The molecule has 2 aromatic heterocycles. The molecule has 6 heteroatoms. The number of fused-ring (bicyclic) bond motifs is 3. The summed E-state index contributed by atoms with van der Waals surface area (Å²) in [4.78, 5) is 3.38. The lowest BCUT2D eigenvalue weighted by Gasteiger charge is -2.05. The smallest absolute Gasteiger partial charge is 0.211 e. The van der Waals surface area contributed by atoms with Gasteiger partial charge in [0.25, 0.3) is 0 Å². The molecule has 0 unspecified atom stereocenters. The predicted octanol–water partition coefficient (Wildman–Crippen LogP) is 2.41. The summed E-state index contributed by atoms with van der Waals surface area (Å²) in [6.45, 7) is 0.287. The van der Waals surface area contributed by atoms with Crippen molar-refractivity contribution in [3.63, 3.8) is 0 Å². The number of hydrogen-bond donors (Lipinski definition) is 2. The second kappa shape index (κ2) is 4.34. The van der Waals surface area contributed by atoms with E-state index < -0.39 is 0 Å². The fraction of sp³-hybridized carbons (Fsp3) is 0.0714. The molecule has 0 spiro atoms. The zero-order valence-corrected chi connectivity index (χ0v) is 10.5. The molecule has 0 saturated heterocycles. The molecular weight excluding hydrogens is 254 g/mol. The number of para-hydroxylation sites is 1. The Morgan fingerprint density at radius 3 is 2.80 bits per heavy atom. The van der Waals surface area contributed by atoms with Crippen LogP contribution < -0.4 is 4.74 Å². The van der Waals surface area contributed by atoms with Gasteiger partial charge in [-0.1, -0.05) is 29.5 Å². The highest BCUT2D eigenvalue weighted by Crippen LogP contribution is 2.33. The van der Waals surface area contributed by atoms with Crippen LogP contribution in [0, 0.1) is 0 Å². The first-order chi connectivity index (χ1) is 9.92. The van der Waals surface area contributed by atoms with Crippen LogP contribution >= 0.6 is 0 Å². The van der Waals surface area contributed by atoms with E-state index in [2.05, 4.69) is 37.7 Å². The maximum Gasteiger partial charge on any atom is 0.211 e. The number of aromatic nitrogens is 5. The summed E-state index contributed by atoms with van der Waals surface area (Å²) in [6, 6.07) is 14.1. The summed E-state index contributed by atoms with van der Waals surface area (Å²) in [6.07, 6.45) is 0. The van der Waals surface area contributed by atoms with Gasteiger partial charge < -0.3 is 9.72 Å². The minimum atomic E-state index is 0.287. The van der Waals surface area contributed by atoms with Gasteiger partial charge in [-0.3, -0.25) is 0 Å². The molecule has 0 aliphatic rings. The SMILES string of the molecule is c1ccc2c(c1)[nH]c1cccc(OCc3nn[nH]n3)c12. The second-order valence-electron chi connectivity index (χ2n) is 4.47. The van der Waals surface area contributed by atoms with Crippen LogP contribution in [0.2, 0.25) is 0 Å². The van der Waals surface area contributed by atoms with Crippen molar-refractivity contribution in [1.29, 1.82) is 0 Å². The fourth-order valence-electron chi connectivity index (χ4n) is 2.37. The first kappa shape index (κ1) is 11.0. The average Bonchev–Trinajstić information content (AvgIpc) is 3.12. The van der Waals surface area contributed by atoms with Crippen LogP contribution in [0.5, 0.6) is 5.75 Å². The Morgan fingerprint density at radius 2 is 1.90 bits per heavy atom. The molecule has 2 heterocycles. The summed E-state index contributed by atoms with van der Waals surface area (Å²) in [5.41, 5.74) is 2.15. The molecule has 0 saturated carbocycles. The van der Waals surface area contributed by atoms with Gasteiger partial charge in [0.1, 0.15) is 5.75 Å². The fourth-order valence-corrected chi connectivity index (χ4v) is 2.37. The van der Waals surface area contributed by atoms with E-state index in [1.807, 2.05) is 30.3 Å². The molecule has 0 aliphatic carbocycles. The van der Waals surface area contributed by atoms with Gasteiger partial charge in [0.15, 0.2) is 6.61 Å². The summed E-state index contributed by atoms with van der Waals surface area (Å²) in [5, 5.41) is 15.9. The van der Waals surface area contributed by atoms with Crippen LogP contribution in [0.15, 0.2) is 42.5 Å². The Morgan fingerprint density at radius 1 is 1.00 bits per heavy atom. The van der Waals surface area contributed by atoms with Crippen molar-refractivity contribution in [2.24, 2.45) is 0 Å². The Hall–Kier alpha value is -2.89. The van der Waals surface area contributed by atoms with Crippen LogP contribution in [0.25, 0.3) is 21.8 Å². The molecule has 0 fully saturated rings. The third-order valence-corrected chi connectivity index (χ3v) is 3.24. The molecule has 2 N–H and O–H groups in total. The van der Waals surface area contributed by atoms with E-state index in [1.54, 1.807) is 0 Å². The topological polar surface area (TPSA) is 79.5 Å². The largest absolute Gasteiger partial charge is 0.485 e. The highest BCUT2D eigenvalue weighted by Gasteiger charge is 2.10. The van der Waals surface area contributed by atoms with Gasteiger partial charge in [-0.25, -0.2) is 0 Å². The normalized spacial score (nSPS) is 11.2. The first-order valence-electron chi connectivity index (χ1n) is 6.26. The molecule has 0 bridgehead atoms. The minimum Gasteiger partial charge on any atom is -0.485 e. The van der Waals surface area contributed by atoms with E-state index in [-0.39, 0.29) is 6.61 Å². The number of ether oxygens (including phenoxy) is 1. The zero-order chi connectivity index (χ0) is 13.4. The Balaban J connectivity index is 1.82. The minimum absolute atomic E-state index is 0.287. The number of rotatable bonds is 3. The van der Waals surface area contributed by atoms with Crippen molar-refractivity contribution in [3.8, 4) is 5.75 Å². The lowest BCUT2D eigenvalue weighted by Crippen LogP contribution is -1.98. The van der Waals surface area contributed by atoms with Crippen LogP contribution in [0.1, 0.15) is 5.82 Å². The molecule has 0 radical (unpaired) electrons. The average molecular weight is 265 g/mol. The summed E-state index contributed by atoms with van der Waals surface area (Å²) in [7, 11) is 0. The number of aromatic amines is 2. The van der Waals surface area contributed by atoms with Gasteiger partial charge >= 0.3 is 0 Å². The molecular formula is C14H11N5O. The summed E-state index contributed by atoms with van der Waals surface area (Å²) >= 11 is 0. The quantitative estimate of drug-likeness (QED) is 0.596. The van der Waals surface area contributed by atoms with Crippen LogP contribution in [-0.4, -0.2) is 25.6 Å². The number of nitrogens with one attached hydrogen (secondary N) is 2. The van der Waals surface area contributed by atoms with Crippen molar-refractivity contribution >= 4 is 21.8 Å². The predicted molar refractivity (Wildman–Crippen MR) is 74.3 cm³/mol. The first-order valence-corrected chi connectivity index (χ1v) is 6.26. The molecule has 6 nitrogen and oxygen atoms in total. The highest BCUT2D eigenvalue weighted by molar-refractivity contribution is 6.10. The van der Waals surface area contributed by atoms with Gasteiger partial charge in [-0.15, -0.1) is 10.2 Å². The number of tetrazole rings is 1. The third kappa shape index (κ3) is 1.70. The van der Waals surface area contributed by atoms with E-state index in [1.165, 1.54) is 0 Å². The van der Waals surface area contributed by atoms with Gasteiger partial charge in [-0.05, 0) is 18.2 Å². The van der Waals surface area contributed by atoms with E-state index in [9.17, 15) is 0 Å². The number of H-pyrrole nitrogens is 2. The zero-order valence-electron chi connectivity index (χ0n) is 10.5. The number of nitrogens with zero attached hydrogens (tertiary/aromatic N) is 3. The van der Waals surface area contributed by atoms with Crippen molar-refractivity contribution in [3.05, 3.63) is 48.3 Å². The Bertz CT molecular complexity index is 866. The Labute approximate surface area is 113 Å². The van der Waals surface area contributed by atoms with E-state index in [0.717, 1.165) is 27.6 Å². The van der Waals surface area contributed by atoms with Gasteiger partial charge in [0.2, 0.25) is 5.82 Å². The summed E-state index contributed by atoms with van der Waals surface area (Å²) < 4.78 is 5.83. The lowest BCUT2D eigenvalue weighted by atomic mass is 10.1. The molecule has 20 heavy (non-hydrogen) atoms. The molecule has 0 atom stereocenters. The molecule has 98 valence electrons. The number of benzene rings is 2. The van der Waals surface area contributed by atoms with Gasteiger partial charge in [-0.2, -0.15) is 5.21 Å². The molecule has 2 aromatic carbocycles. The van der Waals surface area contributed by atoms with Crippen molar-refractivity contribution < 1.29 is 4.74 Å². The maximum atomic E-state index is 5.83. The van der Waals surface area contributed by atoms with E-state index in [0.29, 0.717) is 5.82 Å². The third-order valence-electron chi connectivity index (χ3n) is 3.24. The maximum absolute atomic E-state index is 5.83. The lowest BCUT2D eigenvalue weighted by molar-refractivity contribution is 0.300. The van der Waals surface area contributed by atoms with Crippen LogP contribution in [0.4, 0.5) is 0 Å². The van der Waals surface area contributed by atoms with Crippen molar-refractivity contribution in [2.45, 2.75) is 6.61 Å². The van der Waals surface area contributed by atoms with Crippen LogP contribution in [0.3, 0.4) is 0 Å². The molecule has 0 amide bonds. The standard InChI is InChI=1S/C14H11N5O/c1-2-5-10-9(4-1)14-11(15-10)6-3-7-12(14)20-8-13-16-18-19-17-13/h1-7,15H,8H2,(H,16,17,18,19). The second-order valence-corrected chi connectivity index (χ2v) is 4.47. The van der Waals surface area contributed by atoms with Crippen molar-refractivity contribution in [1.82, 2.24) is 25.6 Å². The molecule has 0 aliphatic heterocycles. The van der Waals surface area contributed by atoms with E-state index in [4.69, 9.17) is 4.74 Å². The molecule has 4 rings (SSSR count). The van der Waals surface area contributed by atoms with E-state index >= 15 is 0 Å². The molecule has 4 aromatic rings. The van der Waals surface area contributed by atoms with Gasteiger partial charge in [0.05, 0.1) is 5.52 Å².